The summed E-state index contributed by atoms with van der Waals surface area (Å²) in [4.78, 5) is 11.4. The van der Waals surface area contributed by atoms with Crippen molar-refractivity contribution >= 4 is 5.91 Å². The summed E-state index contributed by atoms with van der Waals surface area (Å²) >= 11 is 0. The first-order chi connectivity index (χ1) is 7.63. The van der Waals surface area contributed by atoms with Crippen LogP contribution in [0.25, 0.3) is 0 Å². The fourth-order valence-corrected chi connectivity index (χ4v) is 1.48. The van der Waals surface area contributed by atoms with E-state index in [9.17, 15) is 4.79 Å². The lowest BCUT2D eigenvalue weighted by molar-refractivity contribution is -0.121. The molecule has 4 nitrogen and oxygen atoms in total. The largest absolute Gasteiger partial charge is 0.355 e. The number of nitrogens with one attached hydrogen (secondary N) is 2. The maximum Gasteiger partial charge on any atom is 0.239 e. The van der Waals surface area contributed by atoms with Gasteiger partial charge < -0.3 is 15.2 Å². The molecule has 1 aromatic heterocycles. The number of hydrogen-bond acceptors (Lipinski definition) is 2. The van der Waals surface area contributed by atoms with Crippen LogP contribution in [0, 0.1) is 0 Å². The van der Waals surface area contributed by atoms with Gasteiger partial charge in [-0.3, -0.25) is 4.79 Å². The molecule has 0 atom stereocenters. The van der Waals surface area contributed by atoms with Crippen LogP contribution in [0.15, 0.2) is 18.3 Å². The Bertz CT molecular complexity index is 331. The van der Waals surface area contributed by atoms with Gasteiger partial charge in [-0.1, -0.05) is 13.8 Å². The molecule has 0 unspecified atom stereocenters. The monoisotopic (exact) mass is 223 g/mol. The third-order valence-corrected chi connectivity index (χ3v) is 2.30. The molecule has 0 fully saturated rings. The minimum absolute atomic E-state index is 0.0597. The van der Waals surface area contributed by atoms with E-state index in [2.05, 4.69) is 24.5 Å². The molecule has 0 aliphatic carbocycles. The average molecular weight is 223 g/mol. The Morgan fingerprint density at radius 1 is 1.50 bits per heavy atom. The number of amides is 1. The van der Waals surface area contributed by atoms with Crippen molar-refractivity contribution in [2.24, 2.45) is 0 Å². The number of carbonyl (C=O) groups is 1. The molecule has 0 aliphatic heterocycles. The summed E-state index contributed by atoms with van der Waals surface area (Å²) in [6, 6.07) is 4.46. The third kappa shape index (κ3) is 4.06. The van der Waals surface area contributed by atoms with E-state index in [1.807, 2.05) is 29.8 Å². The highest BCUT2D eigenvalue weighted by Crippen LogP contribution is 2.02. The van der Waals surface area contributed by atoms with Crippen LogP contribution in [0.3, 0.4) is 0 Å². The lowest BCUT2D eigenvalue weighted by Crippen LogP contribution is -2.29. The van der Waals surface area contributed by atoms with Crippen LogP contribution < -0.4 is 10.6 Å². The van der Waals surface area contributed by atoms with E-state index in [-0.39, 0.29) is 5.91 Å². The zero-order valence-corrected chi connectivity index (χ0v) is 10.3. The van der Waals surface area contributed by atoms with E-state index in [1.165, 1.54) is 0 Å². The van der Waals surface area contributed by atoms with Crippen molar-refractivity contribution in [3.8, 4) is 0 Å². The highest BCUT2D eigenvalue weighted by Gasteiger charge is 2.05. The maximum absolute atomic E-state index is 11.4. The Morgan fingerprint density at radius 3 is 2.88 bits per heavy atom. The van der Waals surface area contributed by atoms with E-state index >= 15 is 0 Å². The van der Waals surface area contributed by atoms with Gasteiger partial charge in [0.1, 0.15) is 6.54 Å². The van der Waals surface area contributed by atoms with Crippen molar-refractivity contribution in [2.75, 3.05) is 6.54 Å². The van der Waals surface area contributed by atoms with E-state index in [1.54, 1.807) is 0 Å². The van der Waals surface area contributed by atoms with Gasteiger partial charge in [-0.2, -0.15) is 0 Å². The average Bonchev–Trinajstić information content (AvgIpc) is 2.62. The quantitative estimate of drug-likeness (QED) is 0.759. The lowest BCUT2D eigenvalue weighted by atomic mass is 10.3. The van der Waals surface area contributed by atoms with Gasteiger partial charge in [0.2, 0.25) is 5.91 Å². The summed E-state index contributed by atoms with van der Waals surface area (Å²) in [6.07, 6.45) is 1.94. The summed E-state index contributed by atoms with van der Waals surface area (Å²) < 4.78 is 1.97. The summed E-state index contributed by atoms with van der Waals surface area (Å²) in [7, 11) is 0. The maximum atomic E-state index is 11.4. The summed E-state index contributed by atoms with van der Waals surface area (Å²) in [5, 5.41) is 6.14. The number of hydrogen-bond donors (Lipinski definition) is 2. The van der Waals surface area contributed by atoms with Crippen molar-refractivity contribution in [3.05, 3.63) is 24.0 Å². The second-order valence-corrected chi connectivity index (χ2v) is 4.12. The summed E-state index contributed by atoms with van der Waals surface area (Å²) in [5.74, 6) is 0.0597. The van der Waals surface area contributed by atoms with Crippen LogP contribution in [-0.2, 0) is 17.9 Å². The number of likely N-dealkylation sites (N-methyl/N-ethyl adjacent to an activating group) is 1. The number of aromatic nitrogens is 1. The van der Waals surface area contributed by atoms with E-state index in [0.717, 1.165) is 12.2 Å². The highest BCUT2D eigenvalue weighted by molar-refractivity contribution is 5.75. The number of nitrogens with zero attached hydrogens (tertiary/aromatic N) is 1. The first-order valence-electron chi connectivity index (χ1n) is 5.77. The van der Waals surface area contributed by atoms with Gasteiger partial charge in [0, 0.05) is 31.0 Å². The minimum atomic E-state index is 0.0597. The summed E-state index contributed by atoms with van der Waals surface area (Å²) in [5.41, 5.74) is 1.14. The Balaban J connectivity index is 2.53. The topological polar surface area (TPSA) is 46.1 Å². The zero-order valence-electron chi connectivity index (χ0n) is 10.3. The van der Waals surface area contributed by atoms with Crippen molar-refractivity contribution in [3.63, 3.8) is 0 Å². The third-order valence-electron chi connectivity index (χ3n) is 2.30. The van der Waals surface area contributed by atoms with E-state index in [0.29, 0.717) is 19.1 Å². The SMILES string of the molecule is CCNC(=O)Cn1cccc1CNC(C)C. The molecule has 1 amide bonds. The van der Waals surface area contributed by atoms with Crippen molar-refractivity contribution in [1.82, 2.24) is 15.2 Å². The number of rotatable bonds is 6. The van der Waals surface area contributed by atoms with Crippen LogP contribution in [0.1, 0.15) is 26.5 Å². The molecule has 4 heteroatoms. The number of carbonyl (C=O) groups excluding carboxylic acids is 1. The van der Waals surface area contributed by atoms with Gasteiger partial charge in [0.25, 0.3) is 0 Å². The Kier molecular flexibility index (Phi) is 5.05. The van der Waals surface area contributed by atoms with E-state index in [4.69, 9.17) is 0 Å². The molecular formula is C12H21N3O. The van der Waals surface area contributed by atoms with Crippen LogP contribution >= 0.6 is 0 Å². The molecule has 0 bridgehead atoms. The fraction of sp³-hybridized carbons (Fsp3) is 0.583. The van der Waals surface area contributed by atoms with Gasteiger partial charge in [-0.15, -0.1) is 0 Å². The molecule has 0 spiro atoms. The van der Waals surface area contributed by atoms with Gasteiger partial charge in [0.05, 0.1) is 0 Å². The molecule has 1 aromatic rings. The van der Waals surface area contributed by atoms with Crippen LogP contribution in [0.4, 0.5) is 0 Å². The highest BCUT2D eigenvalue weighted by atomic mass is 16.1. The molecule has 0 radical (unpaired) electrons. The molecule has 16 heavy (non-hydrogen) atoms. The standard InChI is InChI=1S/C12H21N3O/c1-4-13-12(16)9-15-7-5-6-11(15)8-14-10(2)3/h5-7,10,14H,4,8-9H2,1-3H3,(H,13,16). The van der Waals surface area contributed by atoms with Gasteiger partial charge >= 0.3 is 0 Å². The van der Waals surface area contributed by atoms with Gasteiger partial charge in [-0.25, -0.2) is 0 Å². The van der Waals surface area contributed by atoms with Gasteiger partial charge in [0.15, 0.2) is 0 Å². The molecule has 0 saturated carbocycles. The molecular weight excluding hydrogens is 202 g/mol. The first kappa shape index (κ1) is 12.8. The van der Waals surface area contributed by atoms with Crippen molar-refractivity contribution < 1.29 is 4.79 Å². The predicted octanol–water partition coefficient (Wildman–Crippen LogP) is 1.12. The molecule has 0 aromatic carbocycles. The Labute approximate surface area is 97.0 Å². The predicted molar refractivity (Wildman–Crippen MR) is 65.1 cm³/mol. The van der Waals surface area contributed by atoms with Crippen molar-refractivity contribution in [1.29, 1.82) is 0 Å². The molecule has 1 heterocycles. The molecule has 90 valence electrons. The van der Waals surface area contributed by atoms with Crippen LogP contribution in [0.2, 0.25) is 0 Å². The molecule has 2 N–H and O–H groups in total. The van der Waals surface area contributed by atoms with Crippen LogP contribution in [-0.4, -0.2) is 23.1 Å². The van der Waals surface area contributed by atoms with Gasteiger partial charge in [-0.05, 0) is 19.1 Å². The minimum Gasteiger partial charge on any atom is -0.355 e. The molecule has 0 aliphatic rings. The fourth-order valence-electron chi connectivity index (χ4n) is 1.48. The molecule has 0 saturated heterocycles. The molecule has 1 rings (SSSR count). The second kappa shape index (κ2) is 6.33. The normalized spacial score (nSPS) is 10.8. The Morgan fingerprint density at radius 2 is 2.25 bits per heavy atom. The first-order valence-corrected chi connectivity index (χ1v) is 5.77. The lowest BCUT2D eigenvalue weighted by Gasteiger charge is -2.11. The zero-order chi connectivity index (χ0) is 12.0. The van der Waals surface area contributed by atoms with E-state index < -0.39 is 0 Å². The summed E-state index contributed by atoms with van der Waals surface area (Å²) in [6.45, 7) is 8.02. The van der Waals surface area contributed by atoms with Crippen LogP contribution in [0.5, 0.6) is 0 Å². The Hall–Kier alpha value is -1.29. The second-order valence-electron chi connectivity index (χ2n) is 4.12. The van der Waals surface area contributed by atoms with Crippen molar-refractivity contribution in [2.45, 2.75) is 39.9 Å². The smallest absolute Gasteiger partial charge is 0.239 e.